The summed E-state index contributed by atoms with van der Waals surface area (Å²) >= 11 is 0. The molecule has 0 saturated heterocycles. The van der Waals surface area contributed by atoms with Crippen LogP contribution in [0.5, 0.6) is 0 Å². The Morgan fingerprint density at radius 2 is 1.57 bits per heavy atom. The van der Waals surface area contributed by atoms with Crippen LogP contribution in [0.4, 0.5) is 5.69 Å². The van der Waals surface area contributed by atoms with E-state index in [1.54, 1.807) is 18.2 Å². The molecule has 0 spiro atoms. The average molecular weight is 434 g/mol. The minimum absolute atomic E-state index is 0.0920. The Morgan fingerprint density at radius 3 is 2.17 bits per heavy atom. The van der Waals surface area contributed by atoms with Crippen molar-refractivity contribution < 1.29 is 12.8 Å². The van der Waals surface area contributed by atoms with E-state index in [0.29, 0.717) is 29.1 Å². The summed E-state index contributed by atoms with van der Waals surface area (Å²) in [7, 11) is -3.38. The molecular formula is C23H35N3O3S. The summed E-state index contributed by atoms with van der Waals surface area (Å²) in [4.78, 5) is 4.19. The molecule has 0 aliphatic heterocycles. The first kappa shape index (κ1) is 24.2. The number of benzene rings is 1. The molecule has 1 N–H and O–H groups in total. The van der Waals surface area contributed by atoms with Crippen molar-refractivity contribution in [1.29, 1.82) is 5.26 Å². The van der Waals surface area contributed by atoms with E-state index in [9.17, 15) is 8.42 Å². The van der Waals surface area contributed by atoms with Crippen molar-refractivity contribution >= 4 is 26.8 Å². The van der Waals surface area contributed by atoms with Crippen LogP contribution >= 0.6 is 0 Å². The van der Waals surface area contributed by atoms with Crippen LogP contribution in [0.15, 0.2) is 22.6 Å². The number of hydrogen-bond acceptors (Lipinski definition) is 5. The van der Waals surface area contributed by atoms with Gasteiger partial charge in [0.05, 0.1) is 17.5 Å². The van der Waals surface area contributed by atoms with Crippen molar-refractivity contribution in [2.45, 2.75) is 90.4 Å². The number of nitriles is 1. The molecule has 0 bridgehead atoms. The molecule has 30 heavy (non-hydrogen) atoms. The molecule has 0 amide bonds. The van der Waals surface area contributed by atoms with Crippen LogP contribution in [0.25, 0.3) is 11.1 Å². The highest BCUT2D eigenvalue weighted by Crippen LogP contribution is 2.21. The summed E-state index contributed by atoms with van der Waals surface area (Å²) in [6, 6.07) is 6.96. The molecule has 0 unspecified atom stereocenters. The Hall–Kier alpha value is -2.07. The van der Waals surface area contributed by atoms with Gasteiger partial charge in [-0.05, 0) is 18.6 Å². The van der Waals surface area contributed by atoms with Crippen LogP contribution in [-0.4, -0.2) is 19.2 Å². The summed E-state index contributed by atoms with van der Waals surface area (Å²) in [6.45, 7) is 2.24. The molecule has 1 aromatic heterocycles. The van der Waals surface area contributed by atoms with Crippen molar-refractivity contribution in [1.82, 2.24) is 4.98 Å². The maximum absolute atomic E-state index is 12.3. The van der Waals surface area contributed by atoms with Gasteiger partial charge in [0, 0.05) is 6.07 Å². The average Bonchev–Trinajstić information content (AvgIpc) is 3.10. The van der Waals surface area contributed by atoms with Crippen molar-refractivity contribution in [2.24, 2.45) is 0 Å². The van der Waals surface area contributed by atoms with Gasteiger partial charge in [-0.25, -0.2) is 13.4 Å². The molecule has 2 rings (SSSR count). The zero-order valence-electron chi connectivity index (χ0n) is 18.2. The van der Waals surface area contributed by atoms with Crippen LogP contribution in [0, 0.1) is 11.3 Å². The van der Waals surface area contributed by atoms with Gasteiger partial charge in [-0.3, -0.25) is 4.72 Å². The third-order valence-electron chi connectivity index (χ3n) is 5.20. The molecule has 0 atom stereocenters. The molecule has 166 valence electrons. The van der Waals surface area contributed by atoms with Crippen molar-refractivity contribution in [3.05, 3.63) is 24.1 Å². The monoisotopic (exact) mass is 433 g/mol. The van der Waals surface area contributed by atoms with E-state index in [4.69, 9.17) is 9.68 Å². The second-order valence-corrected chi connectivity index (χ2v) is 9.78. The molecule has 7 heteroatoms. The van der Waals surface area contributed by atoms with Gasteiger partial charge in [-0.1, -0.05) is 77.6 Å². The lowest BCUT2D eigenvalue weighted by Crippen LogP contribution is -2.16. The van der Waals surface area contributed by atoms with Crippen molar-refractivity contribution in [2.75, 3.05) is 10.5 Å². The Bertz CT molecular complexity index is 900. The fourth-order valence-electron chi connectivity index (χ4n) is 3.54. The predicted octanol–water partition coefficient (Wildman–Crippen LogP) is 6.34. The highest BCUT2D eigenvalue weighted by molar-refractivity contribution is 7.92. The molecule has 0 aliphatic rings. The fourth-order valence-corrected chi connectivity index (χ4v) is 4.72. The van der Waals surface area contributed by atoms with Gasteiger partial charge in [-0.2, -0.15) is 5.26 Å². The summed E-state index contributed by atoms with van der Waals surface area (Å²) in [5, 5.41) is 8.72. The second kappa shape index (κ2) is 13.3. The molecule has 0 aliphatic carbocycles. The van der Waals surface area contributed by atoms with E-state index in [2.05, 4.69) is 16.6 Å². The van der Waals surface area contributed by atoms with Crippen LogP contribution in [0.1, 0.15) is 89.9 Å². The topological polar surface area (TPSA) is 96.0 Å². The molecular weight excluding hydrogens is 398 g/mol. The van der Waals surface area contributed by atoms with Crippen LogP contribution in [0.3, 0.4) is 0 Å². The van der Waals surface area contributed by atoms with Crippen LogP contribution in [0.2, 0.25) is 0 Å². The zero-order chi connectivity index (χ0) is 21.7. The minimum Gasteiger partial charge on any atom is -0.439 e. The van der Waals surface area contributed by atoms with Gasteiger partial charge in [0.1, 0.15) is 11.9 Å². The predicted molar refractivity (Wildman–Crippen MR) is 122 cm³/mol. The molecule has 0 saturated carbocycles. The third-order valence-corrected chi connectivity index (χ3v) is 6.58. The normalized spacial score (nSPS) is 11.6. The zero-order valence-corrected chi connectivity index (χ0v) is 19.0. The van der Waals surface area contributed by atoms with Gasteiger partial charge >= 0.3 is 0 Å². The minimum atomic E-state index is -3.38. The Morgan fingerprint density at radius 1 is 0.967 bits per heavy atom. The number of oxazole rings is 1. The van der Waals surface area contributed by atoms with E-state index < -0.39 is 10.0 Å². The highest BCUT2D eigenvalue weighted by atomic mass is 32.2. The maximum atomic E-state index is 12.3. The standard InChI is InChI=1S/C23H35N3O3S/c1-2-3-4-5-6-7-8-9-10-11-12-13-18-30(27,28)26-20-14-15-21-22(19-20)29-23(25-21)16-17-24/h14-15,19,26H,2-13,16,18H2,1H3. The van der Waals surface area contributed by atoms with Gasteiger partial charge in [0.15, 0.2) is 5.58 Å². The molecule has 2 aromatic rings. The lowest BCUT2D eigenvalue weighted by Gasteiger charge is -2.08. The van der Waals surface area contributed by atoms with Gasteiger partial charge in [0.25, 0.3) is 0 Å². The smallest absolute Gasteiger partial charge is 0.232 e. The lowest BCUT2D eigenvalue weighted by molar-refractivity contribution is 0.546. The van der Waals surface area contributed by atoms with Gasteiger partial charge in [0.2, 0.25) is 15.9 Å². The third kappa shape index (κ3) is 9.17. The molecule has 0 fully saturated rings. The summed E-state index contributed by atoms with van der Waals surface area (Å²) < 4.78 is 32.7. The largest absolute Gasteiger partial charge is 0.439 e. The summed E-state index contributed by atoms with van der Waals surface area (Å²) in [5.41, 5.74) is 1.55. The number of hydrogen-bond donors (Lipinski definition) is 1. The van der Waals surface area contributed by atoms with E-state index in [1.165, 1.54) is 57.8 Å². The van der Waals surface area contributed by atoms with Gasteiger partial charge in [-0.15, -0.1) is 0 Å². The molecule has 1 aromatic carbocycles. The number of fused-ring (bicyclic) bond motifs is 1. The number of sulfonamides is 1. The Labute approximate surface area is 181 Å². The first-order valence-electron chi connectivity index (χ1n) is 11.3. The fraction of sp³-hybridized carbons (Fsp3) is 0.652. The first-order valence-corrected chi connectivity index (χ1v) is 13.0. The van der Waals surface area contributed by atoms with E-state index in [1.807, 2.05) is 6.07 Å². The van der Waals surface area contributed by atoms with Gasteiger partial charge < -0.3 is 4.42 Å². The number of anilines is 1. The van der Waals surface area contributed by atoms with Crippen LogP contribution in [-0.2, 0) is 16.4 Å². The number of rotatable bonds is 16. The van der Waals surface area contributed by atoms with E-state index >= 15 is 0 Å². The highest BCUT2D eigenvalue weighted by Gasteiger charge is 2.12. The van der Waals surface area contributed by atoms with Crippen molar-refractivity contribution in [3.8, 4) is 6.07 Å². The van der Waals surface area contributed by atoms with Crippen molar-refractivity contribution in [3.63, 3.8) is 0 Å². The molecule has 1 heterocycles. The molecule has 6 nitrogen and oxygen atoms in total. The maximum Gasteiger partial charge on any atom is 0.232 e. The summed E-state index contributed by atoms with van der Waals surface area (Å²) in [5.74, 6) is 0.461. The Balaban J connectivity index is 1.60. The lowest BCUT2D eigenvalue weighted by atomic mass is 10.1. The van der Waals surface area contributed by atoms with E-state index in [-0.39, 0.29) is 12.2 Å². The quantitative estimate of drug-likeness (QED) is 0.312. The second-order valence-electron chi connectivity index (χ2n) is 7.94. The molecule has 0 radical (unpaired) electrons. The Kier molecular flexibility index (Phi) is 10.7. The summed E-state index contributed by atoms with van der Waals surface area (Å²) in [6.07, 6.45) is 14.6. The number of aromatic nitrogens is 1. The number of nitrogens with one attached hydrogen (secondary N) is 1. The first-order chi connectivity index (χ1) is 14.5. The number of nitrogens with zero attached hydrogens (tertiary/aromatic N) is 2. The van der Waals surface area contributed by atoms with Crippen LogP contribution < -0.4 is 4.72 Å². The van der Waals surface area contributed by atoms with E-state index in [0.717, 1.165) is 12.8 Å². The number of unbranched alkanes of at least 4 members (excludes halogenated alkanes) is 11. The SMILES string of the molecule is CCCCCCCCCCCCCCS(=O)(=O)Nc1ccc2nc(CC#N)oc2c1.